The fraction of sp³-hybridized carbons (Fsp3) is 0.650. The molecule has 0 aromatic heterocycles. The number of methoxy groups -OCH3 is 1. The lowest BCUT2D eigenvalue weighted by atomic mass is 9.96. The number of amides is 1. The number of benzene rings is 1. The number of carbonyl (C=O) groups is 1. The molecule has 1 aromatic carbocycles. The number of carbonyl (C=O) groups excluding carboxylic acids is 1. The van der Waals surface area contributed by atoms with Gasteiger partial charge in [-0.3, -0.25) is 4.79 Å². The number of hydrogen-bond acceptors (Lipinski definition) is 4. The summed E-state index contributed by atoms with van der Waals surface area (Å²) in [6, 6.07) is 6.84. The highest BCUT2D eigenvalue weighted by atomic mass is 32.2. The molecule has 0 radical (unpaired) electrons. The highest BCUT2D eigenvalue weighted by molar-refractivity contribution is 7.89. The van der Waals surface area contributed by atoms with Crippen molar-refractivity contribution in [3.63, 3.8) is 0 Å². The third kappa shape index (κ3) is 6.20. The number of rotatable bonds is 9. The lowest BCUT2D eigenvalue weighted by molar-refractivity contribution is -0.139. The largest absolute Gasteiger partial charge is 0.383 e. The maximum atomic E-state index is 12.9. The van der Waals surface area contributed by atoms with Crippen molar-refractivity contribution in [1.29, 1.82) is 0 Å². The van der Waals surface area contributed by atoms with Crippen LogP contribution in [0.15, 0.2) is 29.2 Å². The van der Waals surface area contributed by atoms with Gasteiger partial charge in [0.15, 0.2) is 0 Å². The Bertz CT molecular complexity index is 761. The predicted octanol–water partition coefficient (Wildman–Crippen LogP) is 2.95. The Balaban J connectivity index is 2.01. The van der Waals surface area contributed by atoms with Gasteiger partial charge in [-0.05, 0) is 36.5 Å². The molecule has 1 aromatic rings. The van der Waals surface area contributed by atoms with Crippen LogP contribution in [0, 0.1) is 5.92 Å². The maximum Gasteiger partial charge on any atom is 0.255 e. The molecule has 0 aliphatic carbocycles. The van der Waals surface area contributed by atoms with E-state index in [2.05, 4.69) is 0 Å². The summed E-state index contributed by atoms with van der Waals surface area (Å²) in [5.74, 6) is -0.510. The number of hydrogen-bond donors (Lipinski definition) is 0. The van der Waals surface area contributed by atoms with E-state index in [1.165, 1.54) is 11.4 Å². The first kappa shape index (κ1) is 23.7. The van der Waals surface area contributed by atoms with Crippen LogP contribution in [-0.2, 0) is 19.6 Å². The summed E-state index contributed by atoms with van der Waals surface area (Å²) in [7, 11) is -2.19. The Labute approximate surface area is 171 Å². The fourth-order valence-corrected chi connectivity index (χ4v) is 4.90. The molecule has 9 heteroatoms. The van der Waals surface area contributed by atoms with Crippen LogP contribution in [0.5, 0.6) is 0 Å². The molecule has 1 amide bonds. The minimum absolute atomic E-state index is 0.0976. The van der Waals surface area contributed by atoms with Gasteiger partial charge in [0.25, 0.3) is 6.43 Å². The van der Waals surface area contributed by atoms with Gasteiger partial charge < -0.3 is 9.64 Å². The number of ether oxygens (including phenoxy) is 1. The summed E-state index contributed by atoms with van der Waals surface area (Å²) in [6.07, 6.45) is -1.99. The smallest absolute Gasteiger partial charge is 0.255 e. The third-order valence-corrected chi connectivity index (χ3v) is 7.14. The molecule has 6 nitrogen and oxygen atoms in total. The van der Waals surface area contributed by atoms with Crippen molar-refractivity contribution in [2.24, 2.45) is 5.92 Å². The summed E-state index contributed by atoms with van der Waals surface area (Å²) in [6.45, 7) is 4.10. The average molecular weight is 433 g/mol. The molecule has 1 aliphatic heterocycles. The van der Waals surface area contributed by atoms with Crippen LogP contribution in [-0.4, -0.2) is 69.9 Å². The van der Waals surface area contributed by atoms with Crippen LogP contribution < -0.4 is 0 Å². The Kier molecular flexibility index (Phi) is 8.54. The zero-order valence-electron chi connectivity index (χ0n) is 17.2. The van der Waals surface area contributed by atoms with E-state index in [1.807, 2.05) is 26.0 Å². The van der Waals surface area contributed by atoms with Gasteiger partial charge in [-0.2, -0.15) is 4.31 Å². The van der Waals surface area contributed by atoms with Gasteiger partial charge in [-0.15, -0.1) is 0 Å². The highest BCUT2D eigenvalue weighted by Gasteiger charge is 2.34. The van der Waals surface area contributed by atoms with Crippen LogP contribution in [0.4, 0.5) is 8.78 Å². The molecular weight excluding hydrogens is 402 g/mol. The minimum atomic E-state index is -3.64. The van der Waals surface area contributed by atoms with Gasteiger partial charge in [-0.1, -0.05) is 26.0 Å². The monoisotopic (exact) mass is 432 g/mol. The normalized spacial score (nSPS) is 16.5. The molecule has 0 N–H and O–H groups in total. The Morgan fingerprint density at radius 3 is 2.28 bits per heavy atom. The summed E-state index contributed by atoms with van der Waals surface area (Å²) in [5.41, 5.74) is 1.06. The van der Waals surface area contributed by atoms with Crippen molar-refractivity contribution in [2.75, 3.05) is 39.9 Å². The SMILES string of the molecule is COCCN(CC(F)F)C(=O)C1CCN(S(=O)(=O)c2ccc(C(C)C)cc2)CC1. The minimum Gasteiger partial charge on any atom is -0.383 e. The molecule has 1 heterocycles. The van der Waals surface area contributed by atoms with Crippen LogP contribution in [0.3, 0.4) is 0 Å². The van der Waals surface area contributed by atoms with Crippen LogP contribution >= 0.6 is 0 Å². The quantitative estimate of drug-likeness (QED) is 0.602. The fourth-order valence-electron chi connectivity index (χ4n) is 3.43. The van der Waals surface area contributed by atoms with Gasteiger partial charge in [0.2, 0.25) is 15.9 Å². The van der Waals surface area contributed by atoms with E-state index in [1.54, 1.807) is 12.1 Å². The van der Waals surface area contributed by atoms with Crippen LogP contribution in [0.1, 0.15) is 38.2 Å². The summed E-state index contributed by atoms with van der Waals surface area (Å²) >= 11 is 0. The molecule has 0 spiro atoms. The van der Waals surface area contributed by atoms with E-state index >= 15 is 0 Å². The van der Waals surface area contributed by atoms with E-state index in [4.69, 9.17) is 4.74 Å². The number of sulfonamides is 1. The van der Waals surface area contributed by atoms with Crippen molar-refractivity contribution in [3.05, 3.63) is 29.8 Å². The standard InChI is InChI=1S/C20H30F2N2O4S/c1-15(2)16-4-6-18(7-5-16)29(26,27)24-10-8-17(9-11-24)20(25)23(12-13-28-3)14-19(21)22/h4-7,15,17,19H,8-14H2,1-3H3. The molecular formula is C20H30F2N2O4S. The molecule has 0 bridgehead atoms. The second-order valence-electron chi connectivity index (χ2n) is 7.57. The molecule has 1 fully saturated rings. The number of alkyl halides is 2. The van der Waals surface area contributed by atoms with Crippen molar-refractivity contribution in [1.82, 2.24) is 9.21 Å². The second kappa shape index (κ2) is 10.4. The summed E-state index contributed by atoms with van der Waals surface area (Å²) in [5, 5.41) is 0. The number of halogens is 2. The molecule has 1 saturated heterocycles. The lowest BCUT2D eigenvalue weighted by Crippen LogP contribution is -2.46. The third-order valence-electron chi connectivity index (χ3n) is 5.22. The maximum absolute atomic E-state index is 12.9. The Morgan fingerprint density at radius 1 is 1.21 bits per heavy atom. The van der Waals surface area contributed by atoms with Gasteiger partial charge in [0.1, 0.15) is 0 Å². The molecule has 0 unspecified atom stereocenters. The Hall–Kier alpha value is -1.58. The first-order valence-electron chi connectivity index (χ1n) is 9.82. The first-order chi connectivity index (χ1) is 13.7. The van der Waals surface area contributed by atoms with Gasteiger partial charge in [0, 0.05) is 32.7 Å². The molecule has 1 aliphatic rings. The lowest BCUT2D eigenvalue weighted by Gasteiger charge is -2.33. The van der Waals surface area contributed by atoms with Crippen molar-refractivity contribution >= 4 is 15.9 Å². The van der Waals surface area contributed by atoms with Crippen molar-refractivity contribution < 1.29 is 26.7 Å². The molecule has 2 rings (SSSR count). The molecule has 0 atom stereocenters. The first-order valence-corrected chi connectivity index (χ1v) is 11.3. The molecule has 0 saturated carbocycles. The van der Waals surface area contributed by atoms with Crippen LogP contribution in [0.2, 0.25) is 0 Å². The average Bonchev–Trinajstić information content (AvgIpc) is 2.70. The van der Waals surface area contributed by atoms with Gasteiger partial charge >= 0.3 is 0 Å². The van der Waals surface area contributed by atoms with E-state index in [0.717, 1.165) is 10.5 Å². The predicted molar refractivity (Wildman–Crippen MR) is 106 cm³/mol. The van der Waals surface area contributed by atoms with Gasteiger partial charge in [0.05, 0.1) is 18.0 Å². The number of piperidine rings is 1. The van der Waals surface area contributed by atoms with Crippen LogP contribution in [0.25, 0.3) is 0 Å². The van der Waals surface area contributed by atoms with Gasteiger partial charge in [-0.25, -0.2) is 17.2 Å². The van der Waals surface area contributed by atoms with E-state index in [0.29, 0.717) is 18.8 Å². The topological polar surface area (TPSA) is 66.9 Å². The molecule has 164 valence electrons. The van der Waals surface area contributed by atoms with E-state index in [9.17, 15) is 22.0 Å². The highest BCUT2D eigenvalue weighted by Crippen LogP contribution is 2.26. The number of nitrogens with zero attached hydrogens (tertiary/aromatic N) is 2. The van der Waals surface area contributed by atoms with E-state index < -0.39 is 28.9 Å². The van der Waals surface area contributed by atoms with Crippen molar-refractivity contribution in [2.45, 2.75) is 43.9 Å². The Morgan fingerprint density at radius 2 is 1.79 bits per heavy atom. The summed E-state index contributed by atoms with van der Waals surface area (Å²) < 4.78 is 57.6. The molecule has 29 heavy (non-hydrogen) atoms. The summed E-state index contributed by atoms with van der Waals surface area (Å²) in [4.78, 5) is 14.0. The zero-order chi connectivity index (χ0) is 21.6. The van der Waals surface area contributed by atoms with Crippen molar-refractivity contribution in [3.8, 4) is 0 Å². The second-order valence-corrected chi connectivity index (χ2v) is 9.51. The zero-order valence-corrected chi connectivity index (χ0v) is 18.0. The van der Waals surface area contributed by atoms with E-state index in [-0.39, 0.29) is 37.0 Å².